The number of ether oxygens (including phenoxy) is 3. The maximum Gasteiger partial charge on any atom is 0.349 e. The number of fused-ring (bicyclic) bond motifs is 1. The molecule has 3 rings (SSSR count). The zero-order valence-corrected chi connectivity index (χ0v) is 21.2. The van der Waals surface area contributed by atoms with Crippen LogP contribution in [0.4, 0.5) is 0 Å². The number of hydrogen-bond acceptors (Lipinski definition) is 7. The average Bonchev–Trinajstić information content (AvgIpc) is 2.79. The first-order valence-electron chi connectivity index (χ1n) is 10.0. The molecule has 3 aromatic rings. The van der Waals surface area contributed by atoms with Crippen molar-refractivity contribution in [2.75, 3.05) is 13.2 Å². The van der Waals surface area contributed by atoms with E-state index in [-0.39, 0.29) is 6.61 Å². The third kappa shape index (κ3) is 5.36. The van der Waals surface area contributed by atoms with Gasteiger partial charge in [0.1, 0.15) is 0 Å². The number of rotatable bonds is 8. The molecule has 0 bridgehead atoms. The highest BCUT2D eigenvalue weighted by Gasteiger charge is 2.23. The lowest BCUT2D eigenvalue weighted by Gasteiger charge is -2.19. The van der Waals surface area contributed by atoms with Crippen LogP contribution in [0.1, 0.15) is 26.3 Å². The standard InChI is InChI=1S/C22H21Br2N3O6/c1-4-31-16-10-13(17(23)18(24)19(16)33-12(3)21(29)32-5-2)11-25-27-20(28)14-8-6-7-9-15(14)26-22(27)30/h6-12H,4-5H2,1-3H3,(H,26,30)/t12-/m1/s1. The number of H-pyrrole nitrogens is 1. The van der Waals surface area contributed by atoms with Crippen molar-refractivity contribution in [3.05, 3.63) is 65.7 Å². The van der Waals surface area contributed by atoms with E-state index >= 15 is 0 Å². The Morgan fingerprint density at radius 2 is 1.91 bits per heavy atom. The first kappa shape index (κ1) is 24.7. The van der Waals surface area contributed by atoms with E-state index in [0.29, 0.717) is 43.5 Å². The Hall–Kier alpha value is -2.92. The van der Waals surface area contributed by atoms with Gasteiger partial charge in [-0.05, 0) is 70.8 Å². The van der Waals surface area contributed by atoms with Gasteiger partial charge in [-0.25, -0.2) is 9.59 Å². The summed E-state index contributed by atoms with van der Waals surface area (Å²) >= 11 is 6.92. The lowest BCUT2D eigenvalue weighted by Crippen LogP contribution is -2.32. The highest BCUT2D eigenvalue weighted by atomic mass is 79.9. The first-order valence-corrected chi connectivity index (χ1v) is 11.6. The van der Waals surface area contributed by atoms with Crippen molar-refractivity contribution in [2.24, 2.45) is 5.10 Å². The van der Waals surface area contributed by atoms with Crippen LogP contribution in [-0.4, -0.2) is 41.2 Å². The van der Waals surface area contributed by atoms with Gasteiger partial charge in [0.25, 0.3) is 5.56 Å². The van der Waals surface area contributed by atoms with Gasteiger partial charge in [0.15, 0.2) is 17.6 Å². The molecule has 1 aromatic heterocycles. The quantitative estimate of drug-likeness (QED) is 0.319. The Bertz CT molecular complexity index is 1330. The molecule has 9 nitrogen and oxygen atoms in total. The molecule has 0 saturated heterocycles. The number of esters is 1. The minimum atomic E-state index is -0.874. The van der Waals surface area contributed by atoms with E-state index in [2.05, 4.69) is 41.9 Å². The molecule has 1 heterocycles. The summed E-state index contributed by atoms with van der Waals surface area (Å²) in [4.78, 5) is 39.7. The summed E-state index contributed by atoms with van der Waals surface area (Å²) in [7, 11) is 0. The predicted molar refractivity (Wildman–Crippen MR) is 132 cm³/mol. The van der Waals surface area contributed by atoms with Crippen molar-refractivity contribution in [1.29, 1.82) is 0 Å². The number of hydrogen-bond donors (Lipinski definition) is 1. The maximum absolute atomic E-state index is 12.7. The van der Waals surface area contributed by atoms with E-state index in [9.17, 15) is 14.4 Å². The summed E-state index contributed by atoms with van der Waals surface area (Å²) in [6.07, 6.45) is 0.475. The SMILES string of the molecule is CCOC(=O)[C@@H](C)Oc1c(OCC)cc(C=Nn2c(=O)[nH]c3ccccc3c2=O)c(Br)c1Br. The van der Waals surface area contributed by atoms with E-state index in [1.807, 2.05) is 0 Å². The third-order valence-corrected chi connectivity index (χ3v) is 6.61. The fourth-order valence-electron chi connectivity index (χ4n) is 2.93. The van der Waals surface area contributed by atoms with Gasteiger partial charge in [-0.15, -0.1) is 4.68 Å². The second-order valence-corrected chi connectivity index (χ2v) is 8.29. The molecule has 0 amide bonds. The lowest BCUT2D eigenvalue weighted by atomic mass is 10.2. The van der Waals surface area contributed by atoms with Crippen LogP contribution < -0.4 is 20.7 Å². The summed E-state index contributed by atoms with van der Waals surface area (Å²) in [5.74, 6) is 0.121. The van der Waals surface area contributed by atoms with Crippen LogP contribution in [0.15, 0.2) is 54.0 Å². The molecule has 0 aliphatic rings. The summed E-state index contributed by atoms with van der Waals surface area (Å²) in [6, 6.07) is 8.30. The number of carbonyl (C=O) groups excluding carboxylic acids is 1. The van der Waals surface area contributed by atoms with E-state index in [1.165, 1.54) is 6.21 Å². The molecule has 0 spiro atoms. The Balaban J connectivity index is 2.04. The number of para-hydroxylation sites is 1. The zero-order valence-electron chi connectivity index (χ0n) is 18.1. The second kappa shape index (κ2) is 10.8. The van der Waals surface area contributed by atoms with Gasteiger partial charge in [0.05, 0.1) is 34.8 Å². The lowest BCUT2D eigenvalue weighted by molar-refractivity contribution is -0.150. The molecule has 0 aliphatic carbocycles. The predicted octanol–water partition coefficient (Wildman–Crippen LogP) is 3.83. The van der Waals surface area contributed by atoms with Crippen LogP contribution in [0.25, 0.3) is 10.9 Å². The van der Waals surface area contributed by atoms with Crippen molar-refractivity contribution >= 4 is 54.9 Å². The highest BCUT2D eigenvalue weighted by Crippen LogP contribution is 2.43. The summed E-state index contributed by atoms with van der Waals surface area (Å²) in [5, 5.41) is 4.42. The number of halogens is 2. The van der Waals surface area contributed by atoms with Gasteiger partial charge in [-0.1, -0.05) is 12.1 Å². The van der Waals surface area contributed by atoms with Crippen molar-refractivity contribution in [3.8, 4) is 11.5 Å². The average molecular weight is 583 g/mol. The summed E-state index contributed by atoms with van der Waals surface area (Å²) < 4.78 is 18.2. The van der Waals surface area contributed by atoms with Crippen LogP contribution in [0.3, 0.4) is 0 Å². The minimum Gasteiger partial charge on any atom is -0.490 e. The van der Waals surface area contributed by atoms with Crippen LogP contribution in [-0.2, 0) is 9.53 Å². The van der Waals surface area contributed by atoms with Crippen LogP contribution in [0.2, 0.25) is 0 Å². The Morgan fingerprint density at radius 3 is 2.61 bits per heavy atom. The molecule has 0 radical (unpaired) electrons. The van der Waals surface area contributed by atoms with E-state index in [0.717, 1.165) is 4.68 Å². The van der Waals surface area contributed by atoms with Crippen molar-refractivity contribution in [2.45, 2.75) is 26.9 Å². The number of aromatic nitrogens is 2. The maximum atomic E-state index is 12.7. The molecule has 0 fully saturated rings. The molecule has 33 heavy (non-hydrogen) atoms. The van der Waals surface area contributed by atoms with Crippen molar-refractivity contribution in [3.63, 3.8) is 0 Å². The molecule has 0 aliphatic heterocycles. The van der Waals surface area contributed by atoms with E-state index < -0.39 is 23.3 Å². The van der Waals surface area contributed by atoms with Crippen LogP contribution in [0, 0.1) is 0 Å². The van der Waals surface area contributed by atoms with Crippen LogP contribution in [0.5, 0.6) is 11.5 Å². The Labute approximate surface area is 205 Å². The fourth-order valence-corrected chi connectivity index (χ4v) is 3.85. The molecule has 1 atom stereocenters. The van der Waals surface area contributed by atoms with E-state index in [1.54, 1.807) is 51.1 Å². The molecule has 0 unspecified atom stereocenters. The molecule has 1 N–H and O–H groups in total. The highest BCUT2D eigenvalue weighted by molar-refractivity contribution is 9.13. The molecule has 0 saturated carbocycles. The molecule has 174 valence electrons. The molecular weight excluding hydrogens is 562 g/mol. The number of nitrogens with zero attached hydrogens (tertiary/aromatic N) is 2. The summed E-state index contributed by atoms with van der Waals surface area (Å²) in [5.41, 5.74) is -0.285. The molecular formula is C22H21Br2N3O6. The smallest absolute Gasteiger partial charge is 0.349 e. The number of aromatic amines is 1. The number of carbonyl (C=O) groups is 1. The third-order valence-electron chi connectivity index (χ3n) is 4.46. The van der Waals surface area contributed by atoms with E-state index in [4.69, 9.17) is 14.2 Å². The second-order valence-electron chi connectivity index (χ2n) is 6.70. The van der Waals surface area contributed by atoms with Gasteiger partial charge in [0.2, 0.25) is 0 Å². The monoisotopic (exact) mass is 581 g/mol. The van der Waals surface area contributed by atoms with Gasteiger partial charge >= 0.3 is 11.7 Å². The Kier molecular flexibility index (Phi) is 8.09. The van der Waals surface area contributed by atoms with Crippen LogP contribution >= 0.6 is 31.9 Å². The van der Waals surface area contributed by atoms with Gasteiger partial charge < -0.3 is 19.2 Å². The number of benzene rings is 2. The van der Waals surface area contributed by atoms with Gasteiger partial charge in [0, 0.05) is 10.0 Å². The molecule has 2 aromatic carbocycles. The minimum absolute atomic E-state index is 0.235. The first-order chi connectivity index (χ1) is 15.8. The van der Waals surface area contributed by atoms with Gasteiger partial charge in [-0.2, -0.15) is 5.10 Å². The molecule has 11 heteroatoms. The Morgan fingerprint density at radius 1 is 1.18 bits per heavy atom. The van der Waals surface area contributed by atoms with Gasteiger partial charge in [-0.3, -0.25) is 4.79 Å². The van der Waals surface area contributed by atoms with Crippen molar-refractivity contribution in [1.82, 2.24) is 9.66 Å². The zero-order chi connectivity index (χ0) is 24.1. The van der Waals surface area contributed by atoms with Crippen molar-refractivity contribution < 1.29 is 19.0 Å². The number of nitrogens with one attached hydrogen (secondary N) is 1. The summed E-state index contributed by atoms with van der Waals surface area (Å²) in [6.45, 7) is 5.65. The normalized spacial score (nSPS) is 12.2. The largest absolute Gasteiger partial charge is 0.490 e. The fraction of sp³-hybridized carbons (Fsp3) is 0.273. The topological polar surface area (TPSA) is 112 Å².